The number of furan rings is 1. The monoisotopic (exact) mass is 215 g/mol. The molecule has 3 nitrogen and oxygen atoms in total. The van der Waals surface area contributed by atoms with E-state index in [2.05, 4.69) is 4.98 Å². The average molecular weight is 215 g/mol. The molecule has 16 heavy (non-hydrogen) atoms. The topological polar surface area (TPSA) is 43.1 Å². The van der Waals surface area contributed by atoms with Crippen LogP contribution in [0.3, 0.4) is 0 Å². The number of rotatable bonds is 3. The summed E-state index contributed by atoms with van der Waals surface area (Å²) in [5.41, 5.74) is 2.37. The molecule has 0 amide bonds. The Kier molecular flexibility index (Phi) is 2.86. The molecule has 82 valence electrons. The van der Waals surface area contributed by atoms with Crippen molar-refractivity contribution in [3.8, 4) is 0 Å². The lowest BCUT2D eigenvalue weighted by atomic mass is 10.1. The van der Waals surface area contributed by atoms with Crippen LogP contribution in [0, 0.1) is 13.8 Å². The first-order valence-corrected chi connectivity index (χ1v) is 5.16. The molecular weight excluding hydrogens is 202 g/mol. The van der Waals surface area contributed by atoms with Crippen LogP contribution in [0.25, 0.3) is 0 Å². The van der Waals surface area contributed by atoms with Gasteiger partial charge in [0.1, 0.15) is 5.76 Å². The van der Waals surface area contributed by atoms with Crippen LogP contribution in [0.4, 0.5) is 0 Å². The van der Waals surface area contributed by atoms with E-state index in [0.29, 0.717) is 17.7 Å². The van der Waals surface area contributed by atoms with Crippen LogP contribution in [0.1, 0.15) is 27.5 Å². The van der Waals surface area contributed by atoms with E-state index in [1.807, 2.05) is 26.0 Å². The Labute approximate surface area is 94.1 Å². The number of carbonyl (C=O) groups is 1. The lowest BCUT2D eigenvalue weighted by molar-refractivity contribution is 0.0986. The highest BCUT2D eigenvalue weighted by atomic mass is 16.3. The van der Waals surface area contributed by atoms with Crippen molar-refractivity contribution < 1.29 is 9.21 Å². The summed E-state index contributed by atoms with van der Waals surface area (Å²) < 4.78 is 5.15. The molecule has 0 atom stereocenters. The zero-order chi connectivity index (χ0) is 11.5. The first-order valence-electron chi connectivity index (χ1n) is 5.16. The number of Topliss-reactive ketones (excluding diaryl/α,β-unsaturated/α-hetero) is 1. The Bertz CT molecular complexity index is 501. The van der Waals surface area contributed by atoms with E-state index < -0.39 is 0 Å². The Balaban J connectivity index is 2.21. The van der Waals surface area contributed by atoms with E-state index in [4.69, 9.17) is 4.42 Å². The molecule has 0 fully saturated rings. The molecule has 2 aromatic rings. The molecule has 2 heterocycles. The summed E-state index contributed by atoms with van der Waals surface area (Å²) >= 11 is 0. The molecule has 0 saturated heterocycles. The van der Waals surface area contributed by atoms with Crippen LogP contribution in [0.5, 0.6) is 0 Å². The maximum absolute atomic E-state index is 11.9. The fourth-order valence-corrected chi connectivity index (χ4v) is 1.65. The van der Waals surface area contributed by atoms with Gasteiger partial charge in [-0.15, -0.1) is 0 Å². The highest BCUT2D eigenvalue weighted by Gasteiger charge is 2.12. The van der Waals surface area contributed by atoms with E-state index in [0.717, 1.165) is 11.4 Å². The third-order valence-electron chi connectivity index (χ3n) is 2.44. The van der Waals surface area contributed by atoms with Gasteiger partial charge in [-0.05, 0) is 38.1 Å². The van der Waals surface area contributed by atoms with Crippen LogP contribution in [-0.4, -0.2) is 10.8 Å². The zero-order valence-electron chi connectivity index (χ0n) is 9.36. The minimum absolute atomic E-state index is 0.0416. The third kappa shape index (κ3) is 2.19. The number of hydrogen-bond donors (Lipinski definition) is 0. The van der Waals surface area contributed by atoms with Crippen molar-refractivity contribution >= 4 is 5.78 Å². The van der Waals surface area contributed by atoms with Crippen molar-refractivity contribution in [2.45, 2.75) is 20.3 Å². The number of nitrogens with zero attached hydrogens (tertiary/aromatic N) is 1. The Morgan fingerprint density at radius 2 is 2.12 bits per heavy atom. The maximum atomic E-state index is 11.9. The summed E-state index contributed by atoms with van der Waals surface area (Å²) in [4.78, 5) is 16.2. The molecule has 0 bridgehead atoms. The van der Waals surface area contributed by atoms with Gasteiger partial charge in [0, 0.05) is 17.0 Å². The number of ketones is 1. The van der Waals surface area contributed by atoms with Gasteiger partial charge in [-0.3, -0.25) is 9.78 Å². The summed E-state index contributed by atoms with van der Waals surface area (Å²) in [7, 11) is 0. The molecule has 2 aromatic heterocycles. The number of hydrogen-bond acceptors (Lipinski definition) is 3. The van der Waals surface area contributed by atoms with Gasteiger partial charge in [0.25, 0.3) is 0 Å². The standard InChI is InChI=1S/C13H13NO2/c1-9-5-6-12(10(2)14-9)13(15)8-11-4-3-7-16-11/h3-7H,8H2,1-2H3. The largest absolute Gasteiger partial charge is 0.469 e. The van der Waals surface area contributed by atoms with Crippen LogP contribution in [-0.2, 0) is 6.42 Å². The van der Waals surface area contributed by atoms with E-state index in [1.165, 1.54) is 0 Å². The van der Waals surface area contributed by atoms with Crippen LogP contribution >= 0.6 is 0 Å². The maximum Gasteiger partial charge on any atom is 0.172 e. The van der Waals surface area contributed by atoms with Gasteiger partial charge in [0.15, 0.2) is 5.78 Å². The molecule has 0 aliphatic heterocycles. The summed E-state index contributed by atoms with van der Waals surface area (Å²) in [5.74, 6) is 0.727. The second-order valence-corrected chi connectivity index (χ2v) is 3.76. The molecule has 0 aromatic carbocycles. The normalized spacial score (nSPS) is 10.4. The summed E-state index contributed by atoms with van der Waals surface area (Å²) in [6.07, 6.45) is 1.86. The smallest absolute Gasteiger partial charge is 0.172 e. The number of aromatic nitrogens is 1. The van der Waals surface area contributed by atoms with Crippen LogP contribution in [0.15, 0.2) is 34.9 Å². The Hall–Kier alpha value is -1.90. The van der Waals surface area contributed by atoms with Crippen molar-refractivity contribution in [2.75, 3.05) is 0 Å². The molecule has 0 spiro atoms. The quantitative estimate of drug-likeness (QED) is 0.739. The van der Waals surface area contributed by atoms with Gasteiger partial charge in [-0.25, -0.2) is 0 Å². The molecule has 3 heteroatoms. The molecule has 0 saturated carbocycles. The van der Waals surface area contributed by atoms with E-state index in [1.54, 1.807) is 18.4 Å². The van der Waals surface area contributed by atoms with Crippen molar-refractivity contribution in [2.24, 2.45) is 0 Å². The molecule has 0 aliphatic rings. The minimum Gasteiger partial charge on any atom is -0.469 e. The predicted molar refractivity (Wildman–Crippen MR) is 60.5 cm³/mol. The minimum atomic E-state index is 0.0416. The van der Waals surface area contributed by atoms with Gasteiger partial charge in [0.2, 0.25) is 0 Å². The first kappa shape index (κ1) is 10.6. The lowest BCUT2D eigenvalue weighted by Crippen LogP contribution is -2.06. The van der Waals surface area contributed by atoms with Gasteiger partial charge in [0.05, 0.1) is 12.7 Å². The predicted octanol–water partition coefficient (Wildman–Crippen LogP) is 2.72. The van der Waals surface area contributed by atoms with Crippen molar-refractivity contribution in [3.63, 3.8) is 0 Å². The third-order valence-corrected chi connectivity index (χ3v) is 2.44. The summed E-state index contributed by atoms with van der Waals surface area (Å²) in [6.45, 7) is 3.76. The van der Waals surface area contributed by atoms with Gasteiger partial charge >= 0.3 is 0 Å². The first-order chi connectivity index (χ1) is 7.66. The van der Waals surface area contributed by atoms with Crippen LogP contribution in [0.2, 0.25) is 0 Å². The summed E-state index contributed by atoms with van der Waals surface area (Å²) in [6, 6.07) is 7.25. The molecule has 0 N–H and O–H groups in total. The number of aryl methyl sites for hydroxylation is 2. The van der Waals surface area contributed by atoms with Gasteiger partial charge in [-0.1, -0.05) is 0 Å². The Morgan fingerprint density at radius 3 is 2.75 bits per heavy atom. The molecular formula is C13H13NO2. The second-order valence-electron chi connectivity index (χ2n) is 3.76. The number of carbonyl (C=O) groups excluding carboxylic acids is 1. The molecule has 0 aliphatic carbocycles. The van der Waals surface area contributed by atoms with Crippen molar-refractivity contribution in [3.05, 3.63) is 53.2 Å². The molecule has 0 unspecified atom stereocenters. The number of pyridine rings is 1. The van der Waals surface area contributed by atoms with Crippen molar-refractivity contribution in [1.82, 2.24) is 4.98 Å². The lowest BCUT2D eigenvalue weighted by Gasteiger charge is -2.03. The summed E-state index contributed by atoms with van der Waals surface area (Å²) in [5, 5.41) is 0. The SMILES string of the molecule is Cc1ccc(C(=O)Cc2ccco2)c(C)n1. The fraction of sp³-hybridized carbons (Fsp3) is 0.231. The molecule has 2 rings (SSSR count). The van der Waals surface area contributed by atoms with Crippen molar-refractivity contribution in [1.29, 1.82) is 0 Å². The fourth-order valence-electron chi connectivity index (χ4n) is 1.65. The highest BCUT2D eigenvalue weighted by Crippen LogP contribution is 2.11. The van der Waals surface area contributed by atoms with Crippen LogP contribution < -0.4 is 0 Å². The van der Waals surface area contributed by atoms with E-state index in [-0.39, 0.29) is 5.78 Å². The molecule has 0 radical (unpaired) electrons. The van der Waals surface area contributed by atoms with E-state index in [9.17, 15) is 4.79 Å². The van der Waals surface area contributed by atoms with Gasteiger partial charge in [-0.2, -0.15) is 0 Å². The second kappa shape index (κ2) is 4.31. The average Bonchev–Trinajstić information content (AvgIpc) is 2.70. The van der Waals surface area contributed by atoms with E-state index >= 15 is 0 Å². The zero-order valence-corrected chi connectivity index (χ0v) is 9.36. The van der Waals surface area contributed by atoms with Gasteiger partial charge < -0.3 is 4.42 Å². The Morgan fingerprint density at radius 1 is 1.31 bits per heavy atom. The highest BCUT2D eigenvalue weighted by molar-refractivity contribution is 5.98.